The maximum absolute atomic E-state index is 12.9. The lowest BCUT2D eigenvalue weighted by Crippen LogP contribution is -2.17. The van der Waals surface area contributed by atoms with Crippen molar-refractivity contribution in [3.63, 3.8) is 0 Å². The first-order chi connectivity index (χ1) is 8.44. The number of benzene rings is 1. The number of carbonyl (C=O) groups is 1. The molecule has 0 saturated carbocycles. The Kier molecular flexibility index (Phi) is 3.65. The van der Waals surface area contributed by atoms with Crippen LogP contribution in [0.3, 0.4) is 0 Å². The van der Waals surface area contributed by atoms with E-state index in [-0.39, 0.29) is 29.8 Å². The van der Waals surface area contributed by atoms with Crippen molar-refractivity contribution in [2.75, 3.05) is 16.8 Å². The molecule has 18 heavy (non-hydrogen) atoms. The van der Waals surface area contributed by atoms with Gasteiger partial charge in [0.1, 0.15) is 5.82 Å². The third kappa shape index (κ3) is 3.53. The molecular formula is C12H14FNO3S. The topological polar surface area (TPSA) is 63.2 Å². The summed E-state index contributed by atoms with van der Waals surface area (Å²) < 4.78 is 35.4. The van der Waals surface area contributed by atoms with E-state index in [2.05, 4.69) is 5.32 Å². The van der Waals surface area contributed by atoms with Gasteiger partial charge >= 0.3 is 0 Å². The molecule has 0 bridgehead atoms. The summed E-state index contributed by atoms with van der Waals surface area (Å²) >= 11 is 0. The van der Waals surface area contributed by atoms with Crippen molar-refractivity contribution in [3.8, 4) is 0 Å². The van der Waals surface area contributed by atoms with Gasteiger partial charge in [0.2, 0.25) is 5.91 Å². The van der Waals surface area contributed by atoms with Crippen LogP contribution >= 0.6 is 0 Å². The van der Waals surface area contributed by atoms with Gasteiger partial charge in [-0.25, -0.2) is 12.8 Å². The van der Waals surface area contributed by atoms with E-state index in [1.54, 1.807) is 6.07 Å². The van der Waals surface area contributed by atoms with Crippen molar-refractivity contribution < 1.29 is 17.6 Å². The smallest absolute Gasteiger partial charge is 0.224 e. The molecule has 1 aliphatic heterocycles. The van der Waals surface area contributed by atoms with Gasteiger partial charge in [0.25, 0.3) is 0 Å². The van der Waals surface area contributed by atoms with E-state index >= 15 is 0 Å². The molecule has 0 aliphatic carbocycles. The number of nitrogens with one attached hydrogen (secondary N) is 1. The maximum atomic E-state index is 12.9. The number of hydrogen-bond acceptors (Lipinski definition) is 3. The molecule has 0 aromatic heterocycles. The number of amides is 1. The van der Waals surface area contributed by atoms with Gasteiger partial charge in [0.05, 0.1) is 11.5 Å². The summed E-state index contributed by atoms with van der Waals surface area (Å²) in [4.78, 5) is 11.7. The molecule has 1 fully saturated rings. The highest BCUT2D eigenvalue weighted by Gasteiger charge is 2.29. The Morgan fingerprint density at radius 3 is 2.83 bits per heavy atom. The zero-order chi connectivity index (χ0) is 13.2. The number of carbonyl (C=O) groups excluding carboxylic acids is 1. The van der Waals surface area contributed by atoms with Gasteiger partial charge in [-0.05, 0) is 30.5 Å². The number of halogens is 1. The van der Waals surface area contributed by atoms with Crippen molar-refractivity contribution in [1.82, 2.24) is 0 Å². The average molecular weight is 271 g/mol. The average Bonchev–Trinajstić information content (AvgIpc) is 2.57. The number of hydrogen-bond donors (Lipinski definition) is 1. The monoisotopic (exact) mass is 271 g/mol. The molecule has 1 aromatic rings. The number of sulfone groups is 1. The summed E-state index contributed by atoms with van der Waals surface area (Å²) in [5.41, 5.74) is 0.390. The molecule has 1 heterocycles. The van der Waals surface area contributed by atoms with Crippen molar-refractivity contribution in [3.05, 3.63) is 30.1 Å². The van der Waals surface area contributed by atoms with E-state index in [1.165, 1.54) is 18.2 Å². The molecule has 1 N–H and O–H groups in total. The van der Waals surface area contributed by atoms with Crippen LogP contribution in [0.1, 0.15) is 12.8 Å². The van der Waals surface area contributed by atoms with Crippen LogP contribution in [-0.2, 0) is 14.6 Å². The van der Waals surface area contributed by atoms with Crippen molar-refractivity contribution in [2.24, 2.45) is 5.92 Å². The van der Waals surface area contributed by atoms with Gasteiger partial charge in [0.15, 0.2) is 9.84 Å². The highest BCUT2D eigenvalue weighted by Crippen LogP contribution is 2.22. The van der Waals surface area contributed by atoms with Gasteiger partial charge < -0.3 is 5.32 Å². The highest BCUT2D eigenvalue weighted by atomic mass is 32.2. The van der Waals surface area contributed by atoms with Crippen LogP contribution < -0.4 is 5.32 Å². The first kappa shape index (κ1) is 13.0. The van der Waals surface area contributed by atoms with Crippen LogP contribution in [0.4, 0.5) is 10.1 Å². The van der Waals surface area contributed by atoms with Gasteiger partial charge in [-0.15, -0.1) is 0 Å². The summed E-state index contributed by atoms with van der Waals surface area (Å²) in [6.07, 6.45) is 0.689. The Morgan fingerprint density at radius 1 is 1.44 bits per heavy atom. The van der Waals surface area contributed by atoms with Crippen LogP contribution in [-0.4, -0.2) is 25.8 Å². The molecule has 0 spiro atoms. The number of anilines is 1. The van der Waals surface area contributed by atoms with E-state index in [1.807, 2.05) is 0 Å². The van der Waals surface area contributed by atoms with Gasteiger partial charge in [-0.2, -0.15) is 0 Å². The summed E-state index contributed by atoms with van der Waals surface area (Å²) in [5, 5.41) is 2.56. The molecule has 1 saturated heterocycles. The molecule has 6 heteroatoms. The third-order valence-electron chi connectivity index (χ3n) is 2.91. The lowest BCUT2D eigenvalue weighted by Gasteiger charge is -2.08. The molecule has 2 rings (SSSR count). The molecule has 1 aromatic carbocycles. The van der Waals surface area contributed by atoms with Crippen molar-refractivity contribution >= 4 is 21.4 Å². The van der Waals surface area contributed by atoms with E-state index in [9.17, 15) is 17.6 Å². The quantitative estimate of drug-likeness (QED) is 0.908. The Balaban J connectivity index is 1.90. The van der Waals surface area contributed by atoms with E-state index in [0.717, 1.165) is 0 Å². The minimum absolute atomic E-state index is 0.0730. The summed E-state index contributed by atoms with van der Waals surface area (Å²) in [6, 6.07) is 5.61. The zero-order valence-electron chi connectivity index (χ0n) is 9.73. The third-order valence-corrected chi connectivity index (χ3v) is 4.75. The second-order valence-corrected chi connectivity index (χ2v) is 6.76. The molecule has 0 radical (unpaired) electrons. The van der Waals surface area contributed by atoms with Gasteiger partial charge in [-0.1, -0.05) is 6.07 Å². The first-order valence-electron chi connectivity index (χ1n) is 5.70. The van der Waals surface area contributed by atoms with E-state index in [4.69, 9.17) is 0 Å². The van der Waals surface area contributed by atoms with Crippen molar-refractivity contribution in [2.45, 2.75) is 12.8 Å². The summed E-state index contributed by atoms with van der Waals surface area (Å²) in [7, 11) is -2.96. The Labute approximate surface area is 105 Å². The van der Waals surface area contributed by atoms with Crippen LogP contribution in [0.5, 0.6) is 0 Å². The van der Waals surface area contributed by atoms with Crippen LogP contribution in [0.2, 0.25) is 0 Å². The normalized spacial score (nSPS) is 21.7. The SMILES string of the molecule is O=C(C[C@H]1CCS(=O)(=O)C1)Nc1cccc(F)c1. The molecule has 0 unspecified atom stereocenters. The zero-order valence-corrected chi connectivity index (χ0v) is 10.5. The molecule has 1 atom stereocenters. The van der Waals surface area contributed by atoms with Gasteiger partial charge in [0, 0.05) is 12.1 Å². The maximum Gasteiger partial charge on any atom is 0.224 e. The molecule has 4 nitrogen and oxygen atoms in total. The minimum atomic E-state index is -2.96. The standard InChI is InChI=1S/C12H14FNO3S/c13-10-2-1-3-11(7-10)14-12(15)6-9-4-5-18(16,17)8-9/h1-3,7,9H,4-6,8H2,(H,14,15)/t9-/m1/s1. The predicted octanol–water partition coefficient (Wildman–Crippen LogP) is 1.59. The fourth-order valence-corrected chi connectivity index (χ4v) is 3.94. The largest absolute Gasteiger partial charge is 0.326 e. The van der Waals surface area contributed by atoms with E-state index in [0.29, 0.717) is 12.1 Å². The molecule has 1 amide bonds. The van der Waals surface area contributed by atoms with Crippen molar-refractivity contribution in [1.29, 1.82) is 0 Å². The summed E-state index contributed by atoms with van der Waals surface area (Å²) in [6.45, 7) is 0. The Hall–Kier alpha value is -1.43. The van der Waals surface area contributed by atoms with Crippen LogP contribution in [0, 0.1) is 11.7 Å². The van der Waals surface area contributed by atoms with Crippen LogP contribution in [0.25, 0.3) is 0 Å². The Morgan fingerprint density at radius 2 is 2.22 bits per heavy atom. The molecular weight excluding hydrogens is 257 g/mol. The second kappa shape index (κ2) is 5.06. The van der Waals surface area contributed by atoms with Gasteiger partial charge in [-0.3, -0.25) is 4.79 Å². The highest BCUT2D eigenvalue weighted by molar-refractivity contribution is 7.91. The molecule has 98 valence electrons. The fraction of sp³-hybridized carbons (Fsp3) is 0.417. The predicted molar refractivity (Wildman–Crippen MR) is 66.4 cm³/mol. The lowest BCUT2D eigenvalue weighted by molar-refractivity contribution is -0.116. The minimum Gasteiger partial charge on any atom is -0.326 e. The lowest BCUT2D eigenvalue weighted by atomic mass is 10.1. The fourth-order valence-electron chi connectivity index (χ4n) is 2.07. The number of rotatable bonds is 3. The van der Waals surface area contributed by atoms with E-state index < -0.39 is 15.7 Å². The Bertz CT molecular complexity index is 556. The molecule has 1 aliphatic rings. The summed E-state index contributed by atoms with van der Waals surface area (Å²) in [5.74, 6) is -0.586. The first-order valence-corrected chi connectivity index (χ1v) is 7.52. The second-order valence-electron chi connectivity index (χ2n) is 4.53. The van der Waals surface area contributed by atoms with Crippen LogP contribution in [0.15, 0.2) is 24.3 Å².